The minimum Gasteiger partial charge on any atom is -0.758 e. The normalized spacial score (nSPS) is 10.6. The first-order valence-corrected chi connectivity index (χ1v) is 3.75. The van der Waals surface area contributed by atoms with Gasteiger partial charge in [-0.25, -0.2) is 5.43 Å². The van der Waals surface area contributed by atoms with E-state index in [0.717, 1.165) is 5.56 Å². The van der Waals surface area contributed by atoms with Gasteiger partial charge in [0.25, 0.3) is 0 Å². The van der Waals surface area contributed by atoms with Crippen LogP contribution in [0.3, 0.4) is 0 Å². The third-order valence-electron chi connectivity index (χ3n) is 1.47. The highest BCUT2D eigenvalue weighted by Crippen LogP contribution is 1.96. The second-order valence-electron chi connectivity index (χ2n) is 2.34. The van der Waals surface area contributed by atoms with Crippen molar-refractivity contribution in [1.82, 2.24) is 16.1 Å². The van der Waals surface area contributed by atoms with Crippen LogP contribution in [-0.4, -0.2) is 12.3 Å². The lowest BCUT2D eigenvalue weighted by atomic mass is 10.2. The molecule has 1 aromatic rings. The van der Waals surface area contributed by atoms with E-state index in [0.29, 0.717) is 11.8 Å². The number of nitrogens with one attached hydrogen (secondary N) is 2. The van der Waals surface area contributed by atoms with Crippen LogP contribution in [0, 0.1) is 5.21 Å². The van der Waals surface area contributed by atoms with Crippen LogP contribution < -0.4 is 10.9 Å². The van der Waals surface area contributed by atoms with Crippen LogP contribution >= 0.6 is 0 Å². The Labute approximate surface area is 71.7 Å². The van der Waals surface area contributed by atoms with Crippen LogP contribution in [0.5, 0.6) is 0 Å². The summed E-state index contributed by atoms with van der Waals surface area (Å²) in [6.07, 6.45) is 0. The van der Waals surface area contributed by atoms with E-state index in [-0.39, 0.29) is 0 Å². The van der Waals surface area contributed by atoms with Gasteiger partial charge < -0.3 is 5.21 Å². The standard InChI is InChI=1S/C8H12N3O/c1-9-11(12)10-7-8-5-3-2-4-6-8/h2-6,9-10H,7H2,1H3/q-1. The first-order chi connectivity index (χ1) is 5.83. The number of hydrogen-bond donors (Lipinski definition) is 2. The highest BCUT2D eigenvalue weighted by atomic mass is 16.6. The largest absolute Gasteiger partial charge is 0.758 e. The Kier molecular flexibility index (Phi) is 3.69. The van der Waals surface area contributed by atoms with Crippen molar-refractivity contribution in [1.29, 1.82) is 0 Å². The van der Waals surface area contributed by atoms with Gasteiger partial charge in [0.2, 0.25) is 0 Å². The second-order valence-corrected chi connectivity index (χ2v) is 2.34. The molecule has 0 bridgehead atoms. The van der Waals surface area contributed by atoms with E-state index in [1.54, 1.807) is 7.05 Å². The molecule has 4 heteroatoms. The van der Waals surface area contributed by atoms with Crippen molar-refractivity contribution >= 4 is 0 Å². The van der Waals surface area contributed by atoms with Crippen molar-refractivity contribution in [2.75, 3.05) is 7.05 Å². The number of benzene rings is 1. The lowest BCUT2D eigenvalue weighted by Crippen LogP contribution is -2.40. The molecule has 2 N–H and O–H groups in total. The highest BCUT2D eigenvalue weighted by Gasteiger charge is 1.89. The van der Waals surface area contributed by atoms with Crippen LogP contribution in [0.1, 0.15) is 5.56 Å². The molecule has 1 rings (SSSR count). The maximum absolute atomic E-state index is 10.7. The molecule has 0 spiro atoms. The van der Waals surface area contributed by atoms with Gasteiger partial charge >= 0.3 is 0 Å². The van der Waals surface area contributed by atoms with E-state index >= 15 is 0 Å². The zero-order chi connectivity index (χ0) is 8.81. The summed E-state index contributed by atoms with van der Waals surface area (Å²) in [7, 11) is 1.56. The summed E-state index contributed by atoms with van der Waals surface area (Å²) in [4.78, 5) is 0. The van der Waals surface area contributed by atoms with Gasteiger partial charge in [-0.1, -0.05) is 30.3 Å². The average molecular weight is 166 g/mol. The minimum absolute atomic E-state index is 0.533. The Morgan fingerprint density at radius 2 is 2.00 bits per heavy atom. The molecule has 0 aliphatic rings. The fourth-order valence-electron chi connectivity index (χ4n) is 0.838. The molecule has 66 valence electrons. The SMILES string of the molecule is CNN([O-])NCc1ccccc1. The minimum atomic E-state index is 0.533. The molecule has 0 aliphatic heterocycles. The third kappa shape index (κ3) is 2.98. The Bertz CT molecular complexity index is 215. The summed E-state index contributed by atoms with van der Waals surface area (Å²) in [5.74, 6) is 0. The number of hydrazine groups is 2. The zero-order valence-electron chi connectivity index (χ0n) is 6.95. The van der Waals surface area contributed by atoms with Crippen molar-refractivity contribution in [3.05, 3.63) is 41.1 Å². The molecule has 0 amide bonds. The van der Waals surface area contributed by atoms with Crippen LogP contribution in [0.2, 0.25) is 0 Å². The van der Waals surface area contributed by atoms with Crippen molar-refractivity contribution in [3.8, 4) is 0 Å². The fourth-order valence-corrected chi connectivity index (χ4v) is 0.838. The van der Waals surface area contributed by atoms with Gasteiger partial charge in [0, 0.05) is 6.54 Å². The van der Waals surface area contributed by atoms with Crippen LogP contribution in [0.4, 0.5) is 0 Å². The van der Waals surface area contributed by atoms with Gasteiger partial charge in [0.05, 0.1) is 0 Å². The molecular formula is C8H12N3O-. The Morgan fingerprint density at radius 3 is 2.58 bits per heavy atom. The molecule has 0 heterocycles. The summed E-state index contributed by atoms with van der Waals surface area (Å²) < 4.78 is 0. The van der Waals surface area contributed by atoms with Gasteiger partial charge in [-0.15, -0.1) is 0 Å². The molecule has 0 unspecified atom stereocenters. The van der Waals surface area contributed by atoms with Gasteiger partial charge in [0.1, 0.15) is 0 Å². The maximum Gasteiger partial charge on any atom is 0.0356 e. The Balaban J connectivity index is 2.33. The molecule has 0 radical (unpaired) electrons. The number of nitrogens with zero attached hydrogens (tertiary/aromatic N) is 1. The molecule has 4 nitrogen and oxygen atoms in total. The number of rotatable bonds is 4. The Hall–Kier alpha value is -0.940. The summed E-state index contributed by atoms with van der Waals surface area (Å²) in [6.45, 7) is 0.533. The predicted octanol–water partition coefficient (Wildman–Crippen LogP) is 0.625. The maximum atomic E-state index is 10.7. The topological polar surface area (TPSA) is 50.4 Å². The third-order valence-corrected chi connectivity index (χ3v) is 1.47. The van der Waals surface area contributed by atoms with Crippen LogP contribution in [0.15, 0.2) is 30.3 Å². The van der Waals surface area contributed by atoms with E-state index in [1.807, 2.05) is 30.3 Å². The molecular weight excluding hydrogens is 154 g/mol. The van der Waals surface area contributed by atoms with Crippen LogP contribution in [-0.2, 0) is 6.54 Å². The van der Waals surface area contributed by atoms with Crippen molar-refractivity contribution < 1.29 is 0 Å². The first-order valence-electron chi connectivity index (χ1n) is 3.75. The van der Waals surface area contributed by atoms with E-state index in [4.69, 9.17) is 0 Å². The summed E-state index contributed by atoms with van der Waals surface area (Å²) in [5.41, 5.74) is 6.09. The molecule has 0 fully saturated rings. The smallest absolute Gasteiger partial charge is 0.0356 e. The van der Waals surface area contributed by atoms with E-state index in [2.05, 4.69) is 10.9 Å². The van der Waals surface area contributed by atoms with Crippen LogP contribution in [0.25, 0.3) is 0 Å². The van der Waals surface area contributed by atoms with Crippen molar-refractivity contribution in [2.45, 2.75) is 6.54 Å². The summed E-state index contributed by atoms with van der Waals surface area (Å²) in [6, 6.07) is 9.72. The lowest BCUT2D eigenvalue weighted by Gasteiger charge is -2.27. The lowest BCUT2D eigenvalue weighted by molar-refractivity contribution is 0.203. The summed E-state index contributed by atoms with van der Waals surface area (Å²) in [5, 5.41) is 11.3. The van der Waals surface area contributed by atoms with Gasteiger partial charge in [0.15, 0.2) is 0 Å². The van der Waals surface area contributed by atoms with Crippen molar-refractivity contribution in [2.24, 2.45) is 0 Å². The van der Waals surface area contributed by atoms with Gasteiger partial charge in [-0.3, -0.25) is 10.7 Å². The van der Waals surface area contributed by atoms with Crippen molar-refractivity contribution in [3.63, 3.8) is 0 Å². The second kappa shape index (κ2) is 4.84. The monoisotopic (exact) mass is 166 g/mol. The molecule has 0 aromatic heterocycles. The molecule has 0 aliphatic carbocycles. The average Bonchev–Trinajstić information content (AvgIpc) is 2.16. The number of hydrogen-bond acceptors (Lipinski definition) is 4. The van der Waals surface area contributed by atoms with E-state index < -0.39 is 0 Å². The first kappa shape index (κ1) is 9.15. The summed E-state index contributed by atoms with van der Waals surface area (Å²) >= 11 is 0. The quantitative estimate of drug-likeness (QED) is 0.644. The molecule has 0 atom stereocenters. The van der Waals surface area contributed by atoms with E-state index in [1.165, 1.54) is 0 Å². The van der Waals surface area contributed by atoms with Gasteiger partial charge in [-0.05, 0) is 12.6 Å². The zero-order valence-corrected chi connectivity index (χ0v) is 6.95. The Morgan fingerprint density at radius 1 is 1.33 bits per heavy atom. The fraction of sp³-hybridized carbons (Fsp3) is 0.250. The predicted molar refractivity (Wildman–Crippen MR) is 47.5 cm³/mol. The van der Waals surface area contributed by atoms with E-state index in [9.17, 15) is 5.21 Å². The molecule has 12 heavy (non-hydrogen) atoms. The molecule has 0 saturated heterocycles. The molecule has 0 saturated carbocycles. The molecule has 1 aromatic carbocycles. The highest BCUT2D eigenvalue weighted by molar-refractivity contribution is 5.13. The van der Waals surface area contributed by atoms with Gasteiger partial charge in [-0.2, -0.15) is 0 Å².